The topological polar surface area (TPSA) is 124 Å². The Bertz CT molecular complexity index is 1210. The Balaban J connectivity index is 1.26. The molecule has 0 aliphatic heterocycles. The standard InChI is InChI=1S/C22H21ClN7O3/c1-12(15-4-3-7-24-18(15)23)33-21(32)27-19-17(28-29-30(19)2)16-6-5-14(11-25-16)26-20(31)22-8-13(9-22)10-22/h3-7,11-12H,8-10H2,1-2H3,(H,26,31)(H,27,32)/t12-/m1/s1. The summed E-state index contributed by atoms with van der Waals surface area (Å²) in [5.41, 5.74) is 1.86. The van der Waals surface area contributed by atoms with Crippen molar-refractivity contribution in [2.24, 2.45) is 12.5 Å². The quantitative estimate of drug-likeness (QED) is 0.527. The Kier molecular flexibility index (Phi) is 5.24. The first-order chi connectivity index (χ1) is 15.8. The van der Waals surface area contributed by atoms with E-state index in [1.807, 2.05) is 0 Å². The van der Waals surface area contributed by atoms with Gasteiger partial charge in [0.25, 0.3) is 0 Å². The normalized spacial score (nSPS) is 16.8. The lowest BCUT2D eigenvalue weighted by molar-refractivity contribution is -0.137. The van der Waals surface area contributed by atoms with Gasteiger partial charge in [-0.1, -0.05) is 22.9 Å². The number of aromatic nitrogens is 5. The van der Waals surface area contributed by atoms with Gasteiger partial charge in [-0.05, 0) is 50.3 Å². The number of ether oxygens (including phenoxy) is 1. The second kappa shape index (κ2) is 8.11. The number of rotatable bonds is 6. The first-order valence-electron chi connectivity index (χ1n) is 10.4. The molecule has 0 unspecified atom stereocenters. The van der Waals surface area contributed by atoms with E-state index in [4.69, 9.17) is 16.3 Å². The predicted octanol–water partition coefficient (Wildman–Crippen LogP) is 3.93. The number of aryl methyl sites for hydroxylation is 1. The van der Waals surface area contributed by atoms with E-state index in [0.29, 0.717) is 28.5 Å². The van der Waals surface area contributed by atoms with Gasteiger partial charge in [0, 0.05) is 18.8 Å². The van der Waals surface area contributed by atoms with E-state index in [0.717, 1.165) is 19.3 Å². The highest BCUT2D eigenvalue weighted by Crippen LogP contribution is 2.66. The lowest BCUT2D eigenvalue weighted by atomic mass is 9.44. The largest absolute Gasteiger partial charge is 0.441 e. The Morgan fingerprint density at radius 1 is 1.18 bits per heavy atom. The Hall–Kier alpha value is -3.53. The number of nitrogens with one attached hydrogen (secondary N) is 2. The zero-order chi connectivity index (χ0) is 23.2. The summed E-state index contributed by atoms with van der Waals surface area (Å²) < 4.78 is 6.85. The van der Waals surface area contributed by atoms with Gasteiger partial charge >= 0.3 is 6.09 Å². The molecule has 11 heteroatoms. The molecule has 1 radical (unpaired) electrons. The van der Waals surface area contributed by atoms with Crippen LogP contribution < -0.4 is 10.6 Å². The van der Waals surface area contributed by atoms with E-state index in [1.54, 1.807) is 50.6 Å². The summed E-state index contributed by atoms with van der Waals surface area (Å²) in [4.78, 5) is 33.3. The number of hydrogen-bond donors (Lipinski definition) is 2. The van der Waals surface area contributed by atoms with E-state index < -0.39 is 12.2 Å². The molecule has 3 aliphatic rings. The highest BCUT2D eigenvalue weighted by atomic mass is 35.5. The first-order valence-corrected chi connectivity index (χ1v) is 10.8. The summed E-state index contributed by atoms with van der Waals surface area (Å²) in [5.74, 6) is 1.83. The molecule has 3 heterocycles. The van der Waals surface area contributed by atoms with Crippen molar-refractivity contribution >= 4 is 35.1 Å². The molecule has 0 aromatic carbocycles. The van der Waals surface area contributed by atoms with E-state index in [-0.39, 0.29) is 16.5 Å². The second-order valence-corrected chi connectivity index (χ2v) is 8.77. The van der Waals surface area contributed by atoms with Crippen molar-refractivity contribution in [2.75, 3.05) is 10.6 Å². The average Bonchev–Trinajstić information content (AvgIpc) is 3.06. The molecule has 33 heavy (non-hydrogen) atoms. The highest BCUT2D eigenvalue weighted by molar-refractivity contribution is 6.30. The fourth-order valence-corrected chi connectivity index (χ4v) is 4.39. The van der Waals surface area contributed by atoms with Crippen LogP contribution in [0.3, 0.4) is 0 Å². The van der Waals surface area contributed by atoms with Crippen molar-refractivity contribution in [3.8, 4) is 11.4 Å². The molecule has 2 bridgehead atoms. The third-order valence-electron chi connectivity index (χ3n) is 6.07. The fraction of sp³-hybridized carbons (Fsp3) is 0.318. The van der Waals surface area contributed by atoms with E-state index >= 15 is 0 Å². The number of pyridine rings is 2. The monoisotopic (exact) mass is 466 g/mol. The maximum Gasteiger partial charge on any atom is 0.413 e. The van der Waals surface area contributed by atoms with Gasteiger partial charge in [-0.15, -0.1) is 5.10 Å². The Morgan fingerprint density at radius 3 is 2.61 bits per heavy atom. The molecule has 0 saturated heterocycles. The van der Waals surface area contributed by atoms with Crippen LogP contribution in [0.1, 0.15) is 37.9 Å². The van der Waals surface area contributed by atoms with Crippen LogP contribution in [-0.4, -0.2) is 37.0 Å². The van der Waals surface area contributed by atoms with Crippen molar-refractivity contribution in [2.45, 2.75) is 32.3 Å². The number of halogens is 1. The fourth-order valence-electron chi connectivity index (χ4n) is 4.11. The van der Waals surface area contributed by atoms with E-state index in [9.17, 15) is 9.59 Å². The lowest BCUT2D eigenvalue weighted by Gasteiger charge is -2.59. The molecule has 169 valence electrons. The number of anilines is 2. The van der Waals surface area contributed by atoms with Crippen molar-refractivity contribution in [1.29, 1.82) is 0 Å². The summed E-state index contributed by atoms with van der Waals surface area (Å²) in [5, 5.41) is 14.0. The SMILES string of the molecule is C[C@@H](OC(=O)Nc1c(-c2ccc(NC(=O)C34C[C](C3)C4)cn2)nnn1C)c1cccnc1Cl. The van der Waals surface area contributed by atoms with Crippen LogP contribution in [0.2, 0.25) is 5.15 Å². The minimum Gasteiger partial charge on any atom is -0.441 e. The molecule has 1 atom stereocenters. The van der Waals surface area contributed by atoms with Crippen LogP contribution in [0.5, 0.6) is 0 Å². The number of amides is 2. The number of carbonyl (C=O) groups is 2. The van der Waals surface area contributed by atoms with Gasteiger partial charge in [0.1, 0.15) is 11.3 Å². The zero-order valence-electron chi connectivity index (χ0n) is 18.0. The van der Waals surface area contributed by atoms with Gasteiger partial charge < -0.3 is 10.1 Å². The lowest BCUT2D eigenvalue weighted by Crippen LogP contribution is -2.57. The average molecular weight is 467 g/mol. The van der Waals surface area contributed by atoms with Crippen molar-refractivity contribution < 1.29 is 14.3 Å². The summed E-state index contributed by atoms with van der Waals surface area (Å²) in [7, 11) is 1.64. The van der Waals surface area contributed by atoms with Gasteiger partial charge in [0.15, 0.2) is 11.5 Å². The van der Waals surface area contributed by atoms with Crippen molar-refractivity contribution in [3.63, 3.8) is 0 Å². The van der Waals surface area contributed by atoms with Crippen LogP contribution in [0.25, 0.3) is 11.4 Å². The number of nitrogens with zero attached hydrogens (tertiary/aromatic N) is 5. The molecule has 3 saturated carbocycles. The third kappa shape index (κ3) is 3.91. The molecule has 6 rings (SSSR count). The van der Waals surface area contributed by atoms with Crippen molar-refractivity contribution in [3.05, 3.63) is 53.3 Å². The molecule has 3 aliphatic carbocycles. The van der Waals surface area contributed by atoms with E-state index in [2.05, 4.69) is 30.9 Å². The molecule has 3 aromatic heterocycles. The molecule has 2 amide bonds. The molecule has 0 spiro atoms. The van der Waals surface area contributed by atoms with Gasteiger partial charge in [0.05, 0.1) is 23.0 Å². The maximum absolute atomic E-state index is 12.5. The summed E-state index contributed by atoms with van der Waals surface area (Å²) in [6.45, 7) is 1.70. The molecular weight excluding hydrogens is 446 g/mol. The van der Waals surface area contributed by atoms with Crippen LogP contribution in [0.4, 0.5) is 16.3 Å². The molecular formula is C22H21ClN7O3. The predicted molar refractivity (Wildman–Crippen MR) is 120 cm³/mol. The highest BCUT2D eigenvalue weighted by Gasteiger charge is 2.61. The van der Waals surface area contributed by atoms with Gasteiger partial charge in [-0.25, -0.2) is 14.5 Å². The second-order valence-electron chi connectivity index (χ2n) is 8.41. The van der Waals surface area contributed by atoms with Gasteiger partial charge in [-0.3, -0.25) is 15.1 Å². The minimum atomic E-state index is -0.700. The Labute approximate surface area is 194 Å². The minimum absolute atomic E-state index is 0.0412. The molecule has 2 N–H and O–H groups in total. The summed E-state index contributed by atoms with van der Waals surface area (Å²) in [6, 6.07) is 6.92. The van der Waals surface area contributed by atoms with Gasteiger partial charge in [-0.2, -0.15) is 0 Å². The van der Waals surface area contributed by atoms with Gasteiger partial charge in [0.2, 0.25) is 5.91 Å². The van der Waals surface area contributed by atoms with Crippen LogP contribution in [0, 0.1) is 11.3 Å². The smallest absolute Gasteiger partial charge is 0.413 e. The number of carbonyl (C=O) groups excluding carboxylic acids is 2. The molecule has 10 nitrogen and oxygen atoms in total. The maximum atomic E-state index is 12.5. The summed E-state index contributed by atoms with van der Waals surface area (Å²) in [6.07, 6.45) is 4.52. The molecule has 3 aromatic rings. The summed E-state index contributed by atoms with van der Waals surface area (Å²) >= 11 is 6.08. The van der Waals surface area contributed by atoms with Crippen molar-refractivity contribution in [1.82, 2.24) is 25.0 Å². The first kappa shape index (κ1) is 21.3. The van der Waals surface area contributed by atoms with Crippen LogP contribution >= 0.6 is 11.6 Å². The zero-order valence-corrected chi connectivity index (χ0v) is 18.8. The van der Waals surface area contributed by atoms with Crippen LogP contribution in [0.15, 0.2) is 36.7 Å². The van der Waals surface area contributed by atoms with E-state index in [1.165, 1.54) is 10.6 Å². The number of hydrogen-bond acceptors (Lipinski definition) is 7. The van der Waals surface area contributed by atoms with Crippen LogP contribution in [-0.2, 0) is 16.6 Å². The third-order valence-corrected chi connectivity index (χ3v) is 6.38. The molecule has 3 fully saturated rings. The Morgan fingerprint density at radius 2 is 1.97 bits per heavy atom.